The first-order chi connectivity index (χ1) is 32.3. The molecule has 65 heavy (non-hydrogen) atoms. The van der Waals surface area contributed by atoms with Crippen LogP contribution in [0, 0.1) is 0 Å². The van der Waals surface area contributed by atoms with E-state index in [2.05, 4.69) is 250 Å². The van der Waals surface area contributed by atoms with E-state index in [1.165, 1.54) is 121 Å². The van der Waals surface area contributed by atoms with Crippen molar-refractivity contribution in [2.75, 3.05) is 0 Å². The second-order valence-electron chi connectivity index (χ2n) is 17.3. The Morgan fingerprint density at radius 1 is 0.215 bits per heavy atom. The molecule has 0 atom stereocenters. The summed E-state index contributed by atoms with van der Waals surface area (Å²) in [7, 11) is 0. The molecule has 0 unspecified atom stereocenters. The number of para-hydroxylation sites is 4. The van der Waals surface area contributed by atoms with E-state index in [-0.39, 0.29) is 0 Å². The van der Waals surface area contributed by atoms with E-state index in [4.69, 9.17) is 0 Å². The van der Waals surface area contributed by atoms with E-state index in [1.807, 2.05) is 0 Å². The molecule has 0 aliphatic heterocycles. The van der Waals surface area contributed by atoms with Crippen LogP contribution in [0.25, 0.3) is 126 Å². The van der Waals surface area contributed by atoms with E-state index in [0.29, 0.717) is 0 Å². The van der Waals surface area contributed by atoms with Gasteiger partial charge in [0.1, 0.15) is 0 Å². The minimum Gasteiger partial charge on any atom is -0.309 e. The van der Waals surface area contributed by atoms with Crippen molar-refractivity contribution in [3.8, 4) is 44.8 Å². The Morgan fingerprint density at radius 3 is 1.18 bits per heavy atom. The molecule has 0 spiro atoms. The summed E-state index contributed by atoms with van der Waals surface area (Å²) >= 11 is 0. The maximum atomic E-state index is 2.51. The number of hydrogen-bond donors (Lipinski definition) is 0. The molecule has 0 radical (unpaired) electrons. The van der Waals surface area contributed by atoms with Crippen molar-refractivity contribution in [1.82, 2.24) is 13.5 Å². The number of rotatable bonds is 5. The van der Waals surface area contributed by atoms with Crippen LogP contribution in [0.3, 0.4) is 0 Å². The van der Waals surface area contributed by atoms with Gasteiger partial charge in [-0.05, 0) is 112 Å². The molecule has 4 heterocycles. The van der Waals surface area contributed by atoms with Gasteiger partial charge in [-0.25, -0.2) is 0 Å². The molecule has 0 amide bonds. The van der Waals surface area contributed by atoms with Crippen LogP contribution in [0.4, 0.5) is 0 Å². The van der Waals surface area contributed by atoms with E-state index in [9.17, 15) is 0 Å². The highest BCUT2D eigenvalue weighted by atomic mass is 15.0. The van der Waals surface area contributed by atoms with Crippen LogP contribution < -0.4 is 0 Å². The minimum atomic E-state index is 1.15. The Morgan fingerprint density at radius 2 is 0.615 bits per heavy atom. The summed E-state index contributed by atoms with van der Waals surface area (Å²) in [5.41, 5.74) is 18.0. The van der Waals surface area contributed by atoms with Gasteiger partial charge in [0.05, 0.1) is 38.6 Å². The Labute approximate surface area is 374 Å². The lowest BCUT2D eigenvalue weighted by atomic mass is 9.97. The zero-order chi connectivity index (χ0) is 42.6. The molecule has 0 aliphatic rings. The summed E-state index contributed by atoms with van der Waals surface area (Å²) in [5, 5.41) is 10.00. The van der Waals surface area contributed by atoms with Gasteiger partial charge in [0.25, 0.3) is 0 Å². The lowest BCUT2D eigenvalue weighted by molar-refractivity contribution is 1.18. The van der Waals surface area contributed by atoms with Gasteiger partial charge in [0.2, 0.25) is 0 Å². The lowest BCUT2D eigenvalue weighted by Gasteiger charge is -2.11. The molecule has 3 nitrogen and oxygen atoms in total. The fourth-order valence-corrected chi connectivity index (χ4v) is 10.9. The Balaban J connectivity index is 0.995. The molecule has 10 aromatic carbocycles. The van der Waals surface area contributed by atoms with Gasteiger partial charge in [-0.2, -0.15) is 0 Å². The largest absolute Gasteiger partial charge is 0.309 e. The number of aromatic nitrogens is 3. The predicted molar refractivity (Wildman–Crippen MR) is 275 cm³/mol. The maximum absolute atomic E-state index is 2.51. The SMILES string of the molecule is c1ccc(-c2c3ccc(-c4ccc5c(c4)c4cc(-c6ccc7c(c6)c6ccccc6n7-c6ccccc6)ccc4n5-c4ccccc4)cc3n3c4ccccc4c4ccccc4c23)cc1. The summed E-state index contributed by atoms with van der Waals surface area (Å²) < 4.78 is 7.31. The summed E-state index contributed by atoms with van der Waals surface area (Å²) in [6.07, 6.45) is 0. The lowest BCUT2D eigenvalue weighted by Crippen LogP contribution is -1.93. The van der Waals surface area contributed by atoms with Crippen molar-refractivity contribution >= 4 is 81.7 Å². The summed E-state index contributed by atoms with van der Waals surface area (Å²) in [4.78, 5) is 0. The molecule has 302 valence electrons. The first-order valence-electron chi connectivity index (χ1n) is 22.4. The first-order valence-corrected chi connectivity index (χ1v) is 22.4. The molecule has 0 bridgehead atoms. The van der Waals surface area contributed by atoms with Crippen LogP contribution in [-0.2, 0) is 0 Å². The van der Waals surface area contributed by atoms with Crippen LogP contribution >= 0.6 is 0 Å². The molecule has 0 saturated heterocycles. The van der Waals surface area contributed by atoms with Crippen molar-refractivity contribution in [3.63, 3.8) is 0 Å². The van der Waals surface area contributed by atoms with E-state index in [0.717, 1.165) is 5.69 Å². The van der Waals surface area contributed by atoms with Gasteiger partial charge >= 0.3 is 0 Å². The zero-order valence-electron chi connectivity index (χ0n) is 35.4. The third-order valence-electron chi connectivity index (χ3n) is 13.8. The fraction of sp³-hybridized carbons (Fsp3) is 0. The van der Waals surface area contributed by atoms with Crippen molar-refractivity contribution in [2.24, 2.45) is 0 Å². The molecule has 0 N–H and O–H groups in total. The average Bonchev–Trinajstić information content (AvgIpc) is 4.02. The normalized spacial score (nSPS) is 12.0. The predicted octanol–water partition coefficient (Wildman–Crippen LogP) is 16.6. The molecular weight excluding hydrogens is 787 g/mol. The Hall–Kier alpha value is -8.66. The smallest absolute Gasteiger partial charge is 0.0625 e. The number of fused-ring (bicyclic) bond motifs is 14. The molecule has 14 rings (SSSR count). The second kappa shape index (κ2) is 13.9. The molecule has 3 heteroatoms. The number of benzene rings is 10. The number of hydrogen-bond acceptors (Lipinski definition) is 0. The topological polar surface area (TPSA) is 14.3 Å². The van der Waals surface area contributed by atoms with Crippen LogP contribution in [-0.4, -0.2) is 13.5 Å². The van der Waals surface area contributed by atoms with Gasteiger partial charge < -0.3 is 13.5 Å². The van der Waals surface area contributed by atoms with Crippen molar-refractivity contribution in [2.45, 2.75) is 0 Å². The van der Waals surface area contributed by atoms with Crippen molar-refractivity contribution in [1.29, 1.82) is 0 Å². The number of pyridine rings is 1. The molecule has 0 fully saturated rings. The standard InChI is InChI=1S/C62H39N3/c1-4-16-40(17-5-1)61-51-32-28-44(39-60(51)65-56-27-15-12-23-48(56)47-22-10-11-25-50(47)62(61)65)43-31-35-59-54(38-43)53-37-42(30-34-58(53)64(59)46-20-8-3-9-21-46)41-29-33-57-52(36-41)49-24-13-14-26-55(49)63(57)45-18-6-2-7-19-45/h1-39H. The summed E-state index contributed by atoms with van der Waals surface area (Å²) in [6.45, 7) is 0. The van der Waals surface area contributed by atoms with Crippen LogP contribution in [0.2, 0.25) is 0 Å². The van der Waals surface area contributed by atoms with E-state index < -0.39 is 0 Å². The van der Waals surface area contributed by atoms with E-state index in [1.54, 1.807) is 0 Å². The van der Waals surface area contributed by atoms with Gasteiger partial charge in [-0.15, -0.1) is 0 Å². The second-order valence-corrected chi connectivity index (χ2v) is 17.3. The Bertz CT molecular complexity index is 4210. The van der Waals surface area contributed by atoms with Crippen molar-refractivity contribution in [3.05, 3.63) is 237 Å². The zero-order valence-corrected chi connectivity index (χ0v) is 35.4. The fourth-order valence-electron chi connectivity index (χ4n) is 10.9. The molecule has 14 aromatic rings. The molecule has 4 aromatic heterocycles. The monoisotopic (exact) mass is 825 g/mol. The highest BCUT2D eigenvalue weighted by Crippen LogP contribution is 2.45. The molecule has 0 saturated carbocycles. The minimum absolute atomic E-state index is 1.15. The van der Waals surface area contributed by atoms with Gasteiger partial charge in [-0.1, -0.05) is 158 Å². The summed E-state index contributed by atoms with van der Waals surface area (Å²) in [6, 6.07) is 87.0. The van der Waals surface area contributed by atoms with Crippen LogP contribution in [0.15, 0.2) is 237 Å². The van der Waals surface area contributed by atoms with E-state index >= 15 is 0 Å². The average molecular weight is 826 g/mol. The molecular formula is C62H39N3. The van der Waals surface area contributed by atoms with Gasteiger partial charge in [0.15, 0.2) is 0 Å². The highest BCUT2D eigenvalue weighted by Gasteiger charge is 2.21. The third kappa shape index (κ3) is 5.30. The quantitative estimate of drug-likeness (QED) is 0.154. The van der Waals surface area contributed by atoms with Crippen LogP contribution in [0.5, 0.6) is 0 Å². The maximum Gasteiger partial charge on any atom is 0.0625 e. The summed E-state index contributed by atoms with van der Waals surface area (Å²) in [5.74, 6) is 0. The van der Waals surface area contributed by atoms with Gasteiger partial charge in [0, 0.05) is 54.6 Å². The van der Waals surface area contributed by atoms with Crippen LogP contribution in [0.1, 0.15) is 0 Å². The first kappa shape index (κ1) is 35.9. The Kier molecular flexibility index (Phi) is 7.69. The third-order valence-corrected chi connectivity index (χ3v) is 13.8. The number of nitrogens with zero attached hydrogens (tertiary/aromatic N) is 3. The highest BCUT2D eigenvalue weighted by molar-refractivity contribution is 6.22. The van der Waals surface area contributed by atoms with Gasteiger partial charge in [-0.3, -0.25) is 0 Å². The van der Waals surface area contributed by atoms with Crippen molar-refractivity contribution < 1.29 is 0 Å². The molecule has 0 aliphatic carbocycles.